The molecule has 1 fully saturated rings. The molecule has 1 aliphatic rings. The molecule has 1 amide bonds. The summed E-state index contributed by atoms with van der Waals surface area (Å²) in [6, 6.07) is 11.9. The molecule has 2 aromatic carbocycles. The third-order valence-corrected chi connectivity index (χ3v) is 5.97. The molecule has 0 unspecified atom stereocenters. The highest BCUT2D eigenvalue weighted by Crippen LogP contribution is 2.25. The van der Waals surface area contributed by atoms with Crippen molar-refractivity contribution in [2.75, 3.05) is 37.3 Å². The van der Waals surface area contributed by atoms with Crippen LogP contribution in [-0.4, -0.2) is 51.7 Å². The number of anilines is 1. The van der Waals surface area contributed by atoms with Gasteiger partial charge in [0, 0.05) is 48.7 Å². The van der Waals surface area contributed by atoms with Gasteiger partial charge in [-0.1, -0.05) is 17.7 Å². The maximum atomic E-state index is 12.7. The fourth-order valence-corrected chi connectivity index (χ4v) is 3.90. The SMILES string of the molecule is Cc1ccc(Cl)cc1N1CCN(C(=O)c2ccc(S(C)(=O)=O)cc2)CC1. The van der Waals surface area contributed by atoms with Gasteiger partial charge >= 0.3 is 0 Å². The fraction of sp³-hybridized carbons (Fsp3) is 0.316. The van der Waals surface area contributed by atoms with Gasteiger partial charge in [0.25, 0.3) is 5.91 Å². The van der Waals surface area contributed by atoms with Crippen molar-refractivity contribution in [3.8, 4) is 0 Å². The van der Waals surface area contributed by atoms with E-state index in [2.05, 4.69) is 4.90 Å². The van der Waals surface area contributed by atoms with Crippen molar-refractivity contribution in [3.63, 3.8) is 0 Å². The number of aryl methyl sites for hydroxylation is 1. The molecule has 1 aliphatic heterocycles. The monoisotopic (exact) mass is 392 g/mol. The first kappa shape index (κ1) is 18.7. The van der Waals surface area contributed by atoms with Crippen molar-refractivity contribution in [1.29, 1.82) is 0 Å². The summed E-state index contributed by atoms with van der Waals surface area (Å²) in [5.74, 6) is -0.0764. The predicted molar refractivity (Wildman–Crippen MR) is 104 cm³/mol. The second-order valence-electron chi connectivity index (χ2n) is 6.51. The van der Waals surface area contributed by atoms with E-state index in [1.807, 2.05) is 25.1 Å². The second-order valence-corrected chi connectivity index (χ2v) is 8.96. The number of sulfone groups is 1. The van der Waals surface area contributed by atoms with Gasteiger partial charge in [-0.15, -0.1) is 0 Å². The highest BCUT2D eigenvalue weighted by molar-refractivity contribution is 7.90. The van der Waals surface area contributed by atoms with E-state index in [9.17, 15) is 13.2 Å². The molecule has 0 aromatic heterocycles. The third-order valence-electron chi connectivity index (χ3n) is 4.61. The molecule has 0 N–H and O–H groups in total. The minimum Gasteiger partial charge on any atom is -0.368 e. The van der Waals surface area contributed by atoms with Crippen LogP contribution in [0.2, 0.25) is 5.02 Å². The van der Waals surface area contributed by atoms with Gasteiger partial charge in [0.2, 0.25) is 0 Å². The van der Waals surface area contributed by atoms with E-state index >= 15 is 0 Å². The average molecular weight is 393 g/mol. The van der Waals surface area contributed by atoms with Crippen LogP contribution in [0.25, 0.3) is 0 Å². The van der Waals surface area contributed by atoms with Crippen LogP contribution in [0, 0.1) is 6.92 Å². The van der Waals surface area contributed by atoms with Gasteiger partial charge in [-0.3, -0.25) is 4.79 Å². The Bertz CT molecular complexity index is 918. The normalized spacial score (nSPS) is 15.2. The van der Waals surface area contributed by atoms with Gasteiger partial charge in [-0.2, -0.15) is 0 Å². The Morgan fingerprint density at radius 2 is 1.62 bits per heavy atom. The van der Waals surface area contributed by atoms with Gasteiger partial charge in [0.05, 0.1) is 4.90 Å². The van der Waals surface area contributed by atoms with E-state index in [4.69, 9.17) is 11.6 Å². The Hall–Kier alpha value is -2.05. The molecule has 0 bridgehead atoms. The molecule has 26 heavy (non-hydrogen) atoms. The number of amides is 1. The van der Waals surface area contributed by atoms with Crippen molar-refractivity contribution >= 4 is 33.0 Å². The maximum absolute atomic E-state index is 12.7. The fourth-order valence-electron chi connectivity index (χ4n) is 3.10. The predicted octanol–water partition coefficient (Wildman–Crippen LogP) is 3.01. The quantitative estimate of drug-likeness (QED) is 0.805. The molecule has 1 saturated heterocycles. The number of benzene rings is 2. The Balaban J connectivity index is 1.68. The van der Waals surface area contributed by atoms with Crippen molar-refractivity contribution in [2.45, 2.75) is 11.8 Å². The summed E-state index contributed by atoms with van der Waals surface area (Å²) in [6.45, 7) is 4.73. The van der Waals surface area contributed by atoms with Crippen molar-refractivity contribution in [3.05, 3.63) is 58.6 Å². The maximum Gasteiger partial charge on any atom is 0.253 e. The second kappa shape index (κ2) is 7.29. The Labute approximate surface area is 159 Å². The summed E-state index contributed by atoms with van der Waals surface area (Å²) in [4.78, 5) is 16.9. The van der Waals surface area contributed by atoms with E-state index in [1.54, 1.807) is 17.0 Å². The smallest absolute Gasteiger partial charge is 0.253 e. The van der Waals surface area contributed by atoms with Crippen LogP contribution in [0.5, 0.6) is 0 Å². The number of carbonyl (C=O) groups excluding carboxylic acids is 1. The van der Waals surface area contributed by atoms with Gasteiger partial charge in [0.1, 0.15) is 0 Å². The lowest BCUT2D eigenvalue weighted by Gasteiger charge is -2.37. The largest absolute Gasteiger partial charge is 0.368 e. The zero-order valence-corrected chi connectivity index (χ0v) is 16.3. The highest BCUT2D eigenvalue weighted by Gasteiger charge is 2.23. The van der Waals surface area contributed by atoms with E-state index in [0.29, 0.717) is 23.7 Å². The first-order valence-electron chi connectivity index (χ1n) is 8.36. The lowest BCUT2D eigenvalue weighted by atomic mass is 10.1. The van der Waals surface area contributed by atoms with E-state index in [0.717, 1.165) is 30.6 Å². The van der Waals surface area contributed by atoms with Crippen LogP contribution in [-0.2, 0) is 9.84 Å². The number of nitrogens with zero attached hydrogens (tertiary/aromatic N) is 2. The Kier molecular flexibility index (Phi) is 5.25. The number of halogens is 1. The molecule has 0 saturated carbocycles. The average Bonchev–Trinajstić information content (AvgIpc) is 2.63. The summed E-state index contributed by atoms with van der Waals surface area (Å²) < 4.78 is 23.1. The van der Waals surface area contributed by atoms with E-state index in [-0.39, 0.29) is 10.8 Å². The zero-order chi connectivity index (χ0) is 18.9. The molecule has 0 atom stereocenters. The van der Waals surface area contributed by atoms with Crippen molar-refractivity contribution in [1.82, 2.24) is 4.90 Å². The molecular weight excluding hydrogens is 372 g/mol. The summed E-state index contributed by atoms with van der Waals surface area (Å²) in [7, 11) is -3.26. The van der Waals surface area contributed by atoms with Crippen LogP contribution < -0.4 is 4.90 Å². The molecule has 7 heteroatoms. The molecule has 2 aromatic rings. The van der Waals surface area contributed by atoms with Crippen LogP contribution in [0.15, 0.2) is 47.4 Å². The van der Waals surface area contributed by atoms with Crippen molar-refractivity contribution in [2.24, 2.45) is 0 Å². The van der Waals surface area contributed by atoms with E-state index < -0.39 is 9.84 Å². The highest BCUT2D eigenvalue weighted by atomic mass is 35.5. The number of rotatable bonds is 3. The minimum atomic E-state index is -3.26. The van der Waals surface area contributed by atoms with Crippen LogP contribution in [0.1, 0.15) is 15.9 Å². The Morgan fingerprint density at radius 3 is 2.19 bits per heavy atom. The molecule has 3 rings (SSSR count). The topological polar surface area (TPSA) is 57.7 Å². The Morgan fingerprint density at radius 1 is 1.00 bits per heavy atom. The van der Waals surface area contributed by atoms with Crippen LogP contribution in [0.3, 0.4) is 0 Å². The lowest BCUT2D eigenvalue weighted by molar-refractivity contribution is 0.0746. The summed E-state index contributed by atoms with van der Waals surface area (Å²) in [5, 5.41) is 0.704. The number of hydrogen-bond donors (Lipinski definition) is 0. The molecule has 0 radical (unpaired) electrons. The first-order valence-corrected chi connectivity index (χ1v) is 10.6. The molecule has 5 nitrogen and oxygen atoms in total. The molecule has 0 spiro atoms. The summed E-state index contributed by atoms with van der Waals surface area (Å²) in [6.07, 6.45) is 1.15. The van der Waals surface area contributed by atoms with Gasteiger partial charge in [0.15, 0.2) is 9.84 Å². The first-order chi connectivity index (χ1) is 12.3. The standard InChI is InChI=1S/C19H21ClN2O3S/c1-14-3-6-16(20)13-18(14)21-9-11-22(12-10-21)19(23)15-4-7-17(8-5-15)26(2,24)25/h3-8,13H,9-12H2,1-2H3. The summed E-state index contributed by atoms with van der Waals surface area (Å²) >= 11 is 6.11. The van der Waals surface area contributed by atoms with Gasteiger partial charge in [-0.25, -0.2) is 8.42 Å². The third kappa shape index (κ3) is 4.02. The number of hydrogen-bond acceptors (Lipinski definition) is 4. The molecule has 138 valence electrons. The minimum absolute atomic E-state index is 0.0764. The zero-order valence-electron chi connectivity index (χ0n) is 14.8. The summed E-state index contributed by atoms with van der Waals surface area (Å²) in [5.41, 5.74) is 2.76. The van der Waals surface area contributed by atoms with Crippen LogP contribution >= 0.6 is 11.6 Å². The van der Waals surface area contributed by atoms with E-state index in [1.165, 1.54) is 12.1 Å². The number of carbonyl (C=O) groups is 1. The molecule has 0 aliphatic carbocycles. The van der Waals surface area contributed by atoms with Gasteiger partial charge < -0.3 is 9.80 Å². The van der Waals surface area contributed by atoms with Crippen molar-refractivity contribution < 1.29 is 13.2 Å². The molecule has 1 heterocycles. The van der Waals surface area contributed by atoms with Crippen LogP contribution in [0.4, 0.5) is 5.69 Å². The lowest BCUT2D eigenvalue weighted by Crippen LogP contribution is -2.49. The van der Waals surface area contributed by atoms with Gasteiger partial charge in [-0.05, 0) is 48.9 Å². The number of piperazine rings is 1. The molecular formula is C19H21ClN2O3S.